The summed E-state index contributed by atoms with van der Waals surface area (Å²) in [5.41, 5.74) is 3.34. The van der Waals surface area contributed by atoms with Gasteiger partial charge >= 0.3 is 6.18 Å². The monoisotopic (exact) mass is 406 g/mol. The van der Waals surface area contributed by atoms with E-state index in [1.165, 1.54) is 13.0 Å². The first-order valence-electron chi connectivity index (χ1n) is 9.27. The quantitative estimate of drug-likeness (QED) is 0.387. The number of hydrogen-bond donors (Lipinski definition) is 1. The lowest BCUT2D eigenvalue weighted by Gasteiger charge is -2.10. The van der Waals surface area contributed by atoms with Gasteiger partial charge in [-0.25, -0.2) is 0 Å². The van der Waals surface area contributed by atoms with Crippen molar-refractivity contribution in [3.63, 3.8) is 0 Å². The number of benzene rings is 3. The molecule has 1 heterocycles. The molecule has 0 aliphatic heterocycles. The SMILES string of the molecule is CC(=O)c1c(-c2cccc(-c3cccc(C(F)(F)F)c3)c2)n[nH]c1-c1ccccc1. The highest BCUT2D eigenvalue weighted by molar-refractivity contribution is 6.05. The second-order valence-corrected chi connectivity index (χ2v) is 6.90. The number of nitrogens with zero attached hydrogens (tertiary/aromatic N) is 1. The molecule has 1 N–H and O–H groups in total. The van der Waals surface area contributed by atoms with E-state index in [4.69, 9.17) is 0 Å². The molecular weight excluding hydrogens is 389 g/mol. The van der Waals surface area contributed by atoms with Crippen molar-refractivity contribution in [1.29, 1.82) is 0 Å². The van der Waals surface area contributed by atoms with E-state index < -0.39 is 11.7 Å². The molecule has 4 aromatic rings. The van der Waals surface area contributed by atoms with Gasteiger partial charge < -0.3 is 0 Å². The maximum atomic E-state index is 13.1. The van der Waals surface area contributed by atoms with Crippen molar-refractivity contribution in [3.05, 3.63) is 90.0 Å². The Kier molecular flexibility index (Phi) is 4.99. The molecule has 0 spiro atoms. The number of ketones is 1. The molecule has 0 radical (unpaired) electrons. The predicted molar refractivity (Wildman–Crippen MR) is 110 cm³/mol. The van der Waals surface area contributed by atoms with E-state index in [0.717, 1.165) is 17.7 Å². The van der Waals surface area contributed by atoms with Crippen LogP contribution >= 0.6 is 0 Å². The van der Waals surface area contributed by atoms with E-state index in [-0.39, 0.29) is 5.78 Å². The predicted octanol–water partition coefficient (Wildman–Crippen LogP) is 6.63. The lowest BCUT2D eigenvalue weighted by molar-refractivity contribution is -0.137. The summed E-state index contributed by atoms with van der Waals surface area (Å²) in [6.07, 6.45) is -4.41. The summed E-state index contributed by atoms with van der Waals surface area (Å²) in [5, 5.41) is 7.29. The normalized spacial score (nSPS) is 11.5. The number of halogens is 3. The van der Waals surface area contributed by atoms with Crippen molar-refractivity contribution >= 4 is 5.78 Å². The van der Waals surface area contributed by atoms with Crippen LogP contribution in [-0.4, -0.2) is 16.0 Å². The number of alkyl halides is 3. The van der Waals surface area contributed by atoms with E-state index in [2.05, 4.69) is 10.2 Å². The van der Waals surface area contributed by atoms with Gasteiger partial charge in [0.1, 0.15) is 5.69 Å². The summed E-state index contributed by atoms with van der Waals surface area (Å²) in [4.78, 5) is 12.4. The van der Waals surface area contributed by atoms with Crippen LogP contribution in [0.1, 0.15) is 22.8 Å². The van der Waals surface area contributed by atoms with E-state index >= 15 is 0 Å². The fourth-order valence-electron chi connectivity index (χ4n) is 3.43. The van der Waals surface area contributed by atoms with Crippen LogP contribution in [0.2, 0.25) is 0 Å². The Hall–Kier alpha value is -3.67. The van der Waals surface area contributed by atoms with Gasteiger partial charge in [-0.2, -0.15) is 18.3 Å². The minimum atomic E-state index is -4.41. The molecule has 30 heavy (non-hydrogen) atoms. The van der Waals surface area contributed by atoms with Gasteiger partial charge in [0.05, 0.1) is 16.8 Å². The third kappa shape index (κ3) is 3.76. The van der Waals surface area contributed by atoms with Crippen molar-refractivity contribution in [2.45, 2.75) is 13.1 Å². The molecule has 4 rings (SSSR count). The Morgan fingerprint density at radius 1 is 0.800 bits per heavy atom. The van der Waals surface area contributed by atoms with E-state index in [1.54, 1.807) is 30.3 Å². The molecular formula is C24H17F3N2O. The molecule has 0 atom stereocenters. The molecule has 0 amide bonds. The largest absolute Gasteiger partial charge is 0.416 e. The zero-order valence-corrected chi connectivity index (χ0v) is 16.0. The number of aromatic amines is 1. The van der Waals surface area contributed by atoms with Gasteiger partial charge in [-0.05, 0) is 36.2 Å². The second kappa shape index (κ2) is 7.63. The van der Waals surface area contributed by atoms with E-state index in [1.807, 2.05) is 30.3 Å². The van der Waals surface area contributed by atoms with Crippen molar-refractivity contribution in [3.8, 4) is 33.6 Å². The minimum Gasteiger partial charge on any atom is -0.294 e. The summed E-state index contributed by atoms with van der Waals surface area (Å²) >= 11 is 0. The number of Topliss-reactive ketones (excluding diaryl/α,β-unsaturated/α-hetero) is 1. The molecule has 0 unspecified atom stereocenters. The summed E-state index contributed by atoms with van der Waals surface area (Å²) in [7, 11) is 0. The van der Waals surface area contributed by atoms with Gasteiger partial charge in [0.15, 0.2) is 5.78 Å². The first-order valence-corrected chi connectivity index (χ1v) is 9.27. The summed E-state index contributed by atoms with van der Waals surface area (Å²) < 4.78 is 39.2. The molecule has 3 aromatic carbocycles. The van der Waals surface area contributed by atoms with Crippen molar-refractivity contribution in [2.24, 2.45) is 0 Å². The number of rotatable bonds is 4. The Morgan fingerprint density at radius 3 is 2.07 bits per heavy atom. The van der Waals surface area contributed by atoms with Crippen LogP contribution in [0.5, 0.6) is 0 Å². The van der Waals surface area contributed by atoms with Gasteiger partial charge in [0, 0.05) is 11.1 Å². The second-order valence-electron chi connectivity index (χ2n) is 6.90. The third-order valence-corrected chi connectivity index (χ3v) is 4.84. The van der Waals surface area contributed by atoms with Crippen LogP contribution in [-0.2, 0) is 6.18 Å². The van der Waals surface area contributed by atoms with Crippen LogP contribution in [0.25, 0.3) is 33.6 Å². The average molecular weight is 406 g/mol. The number of aromatic nitrogens is 2. The van der Waals surface area contributed by atoms with Gasteiger partial charge in [-0.3, -0.25) is 9.89 Å². The van der Waals surface area contributed by atoms with Crippen molar-refractivity contribution < 1.29 is 18.0 Å². The molecule has 150 valence electrons. The highest BCUT2D eigenvalue weighted by Gasteiger charge is 2.30. The van der Waals surface area contributed by atoms with E-state index in [9.17, 15) is 18.0 Å². The van der Waals surface area contributed by atoms with Crippen LogP contribution in [0.15, 0.2) is 78.9 Å². The molecule has 3 nitrogen and oxygen atoms in total. The van der Waals surface area contributed by atoms with Gasteiger partial charge in [0.25, 0.3) is 0 Å². The fourth-order valence-corrected chi connectivity index (χ4v) is 3.43. The highest BCUT2D eigenvalue weighted by Crippen LogP contribution is 2.35. The minimum absolute atomic E-state index is 0.151. The zero-order valence-electron chi connectivity index (χ0n) is 16.0. The molecule has 0 fully saturated rings. The first-order chi connectivity index (χ1) is 14.3. The number of hydrogen-bond acceptors (Lipinski definition) is 2. The fraction of sp³-hybridized carbons (Fsp3) is 0.0833. The summed E-state index contributed by atoms with van der Waals surface area (Å²) in [5.74, 6) is -0.151. The van der Waals surface area contributed by atoms with Crippen LogP contribution < -0.4 is 0 Å². The summed E-state index contributed by atoms with van der Waals surface area (Å²) in [6.45, 7) is 1.47. The van der Waals surface area contributed by atoms with Gasteiger partial charge in [0.2, 0.25) is 0 Å². The van der Waals surface area contributed by atoms with Crippen molar-refractivity contribution in [2.75, 3.05) is 0 Å². The molecule has 0 bridgehead atoms. The molecule has 0 saturated heterocycles. The average Bonchev–Trinajstić information content (AvgIpc) is 3.20. The molecule has 0 aliphatic rings. The van der Waals surface area contributed by atoms with Crippen molar-refractivity contribution in [1.82, 2.24) is 10.2 Å². The Balaban J connectivity index is 1.81. The van der Waals surface area contributed by atoms with Gasteiger partial charge in [-0.1, -0.05) is 60.7 Å². The number of carbonyl (C=O) groups excluding carboxylic acids is 1. The Bertz CT molecular complexity index is 1210. The smallest absolute Gasteiger partial charge is 0.294 e. The standard InChI is InChI=1S/C24H17F3N2O/c1-15(30)21-22(16-7-3-2-4-8-16)28-29-23(21)19-11-5-9-17(13-19)18-10-6-12-20(14-18)24(25,26)27/h2-14H,1H3,(H,28,29). The Morgan fingerprint density at radius 2 is 1.40 bits per heavy atom. The highest BCUT2D eigenvalue weighted by atomic mass is 19.4. The number of H-pyrrole nitrogens is 1. The van der Waals surface area contributed by atoms with Crippen LogP contribution in [0.3, 0.4) is 0 Å². The molecule has 0 saturated carbocycles. The molecule has 1 aromatic heterocycles. The topological polar surface area (TPSA) is 45.8 Å². The lowest BCUT2D eigenvalue weighted by Crippen LogP contribution is -2.04. The van der Waals surface area contributed by atoms with E-state index in [0.29, 0.717) is 33.6 Å². The van der Waals surface area contributed by atoms with Crippen LogP contribution in [0.4, 0.5) is 13.2 Å². The summed E-state index contributed by atoms with van der Waals surface area (Å²) in [6, 6.07) is 21.5. The maximum Gasteiger partial charge on any atom is 0.416 e. The van der Waals surface area contributed by atoms with Crippen LogP contribution in [0, 0.1) is 0 Å². The number of nitrogens with one attached hydrogen (secondary N) is 1. The molecule has 6 heteroatoms. The third-order valence-electron chi connectivity index (χ3n) is 4.84. The lowest BCUT2D eigenvalue weighted by atomic mass is 9.96. The van der Waals surface area contributed by atoms with Gasteiger partial charge in [-0.15, -0.1) is 0 Å². The number of carbonyl (C=O) groups is 1. The molecule has 0 aliphatic carbocycles. The Labute approximate surface area is 171 Å². The maximum absolute atomic E-state index is 13.1. The first kappa shape index (κ1) is 19.6. The zero-order chi connectivity index (χ0) is 21.3.